The Kier molecular flexibility index (Phi) is 3.19. The second kappa shape index (κ2) is 4.62. The number of rotatable bonds is 4. The molecule has 0 saturated carbocycles. The molecule has 17 heavy (non-hydrogen) atoms. The highest BCUT2D eigenvalue weighted by molar-refractivity contribution is 5.40. The molecule has 1 heterocycles. The molecule has 0 unspecified atom stereocenters. The van der Waals surface area contributed by atoms with Crippen LogP contribution in [0.2, 0.25) is 0 Å². The highest BCUT2D eigenvalue weighted by Gasteiger charge is 2.22. The van der Waals surface area contributed by atoms with E-state index in [4.69, 9.17) is 9.47 Å². The van der Waals surface area contributed by atoms with Gasteiger partial charge < -0.3 is 9.47 Å². The summed E-state index contributed by atoms with van der Waals surface area (Å²) in [5, 5.41) is 10.5. The van der Waals surface area contributed by atoms with Crippen molar-refractivity contribution >= 4 is 5.69 Å². The third-order valence-corrected chi connectivity index (χ3v) is 2.41. The van der Waals surface area contributed by atoms with E-state index in [1.807, 2.05) is 0 Å². The molecule has 1 atom stereocenters. The maximum Gasteiger partial charge on any atom is 0.276 e. The van der Waals surface area contributed by atoms with Crippen LogP contribution >= 0.6 is 0 Å². The lowest BCUT2D eigenvalue weighted by molar-refractivity contribution is -0.385. The van der Waals surface area contributed by atoms with Crippen molar-refractivity contribution in [2.24, 2.45) is 0 Å². The maximum atomic E-state index is 13.3. The Hall–Kier alpha value is -1.76. The fourth-order valence-corrected chi connectivity index (χ4v) is 1.36. The van der Waals surface area contributed by atoms with E-state index in [0.29, 0.717) is 12.7 Å². The van der Waals surface area contributed by atoms with Crippen molar-refractivity contribution in [1.82, 2.24) is 0 Å². The zero-order chi connectivity index (χ0) is 12.4. The minimum absolute atomic E-state index is 0.0531. The van der Waals surface area contributed by atoms with Gasteiger partial charge in [-0.2, -0.15) is 4.39 Å². The third-order valence-electron chi connectivity index (χ3n) is 2.41. The molecule has 0 bridgehead atoms. The minimum atomic E-state index is -1.30. The standard InChI is InChI=1S/C10H9F2NO4/c11-8-3-6(13(14)15)4-9(10(8)12)17-5-7-1-2-16-7/h3-4,7H,1-2,5H2/t7-/m1/s1. The quantitative estimate of drug-likeness (QED) is 0.601. The number of hydrogen-bond donors (Lipinski definition) is 0. The molecule has 1 aliphatic rings. The lowest BCUT2D eigenvalue weighted by Gasteiger charge is -2.26. The monoisotopic (exact) mass is 245 g/mol. The second-order valence-electron chi connectivity index (χ2n) is 3.59. The van der Waals surface area contributed by atoms with Crippen molar-refractivity contribution < 1.29 is 23.2 Å². The zero-order valence-corrected chi connectivity index (χ0v) is 8.69. The molecule has 1 saturated heterocycles. The third kappa shape index (κ3) is 2.50. The molecule has 0 N–H and O–H groups in total. The number of ether oxygens (including phenoxy) is 2. The van der Waals surface area contributed by atoms with Gasteiger partial charge in [-0.1, -0.05) is 0 Å². The van der Waals surface area contributed by atoms with Gasteiger partial charge in [0.25, 0.3) is 5.69 Å². The van der Waals surface area contributed by atoms with Crippen molar-refractivity contribution in [3.63, 3.8) is 0 Å². The lowest BCUT2D eigenvalue weighted by atomic mass is 10.2. The molecule has 1 aromatic rings. The number of halogens is 2. The number of nitro benzene ring substituents is 1. The summed E-state index contributed by atoms with van der Waals surface area (Å²) >= 11 is 0. The average Bonchev–Trinajstić information content (AvgIpc) is 2.21. The molecule has 1 fully saturated rings. The summed E-state index contributed by atoms with van der Waals surface area (Å²) in [4.78, 5) is 9.65. The summed E-state index contributed by atoms with van der Waals surface area (Å²) in [5.74, 6) is -2.99. The van der Waals surface area contributed by atoms with E-state index in [9.17, 15) is 18.9 Å². The molecular formula is C10H9F2NO4. The van der Waals surface area contributed by atoms with Crippen molar-refractivity contribution in [2.75, 3.05) is 13.2 Å². The molecule has 0 aliphatic carbocycles. The van der Waals surface area contributed by atoms with Crippen LogP contribution < -0.4 is 4.74 Å². The lowest BCUT2D eigenvalue weighted by Crippen LogP contribution is -2.32. The normalized spacial score (nSPS) is 18.6. The van der Waals surface area contributed by atoms with E-state index < -0.39 is 28.0 Å². The van der Waals surface area contributed by atoms with Gasteiger partial charge in [-0.05, 0) is 0 Å². The van der Waals surface area contributed by atoms with Crippen LogP contribution in [0.5, 0.6) is 5.75 Å². The SMILES string of the molecule is O=[N+]([O-])c1cc(F)c(F)c(OC[C@H]2CCO2)c1. The molecule has 0 spiro atoms. The Labute approximate surface area is 95.1 Å². The summed E-state index contributed by atoms with van der Waals surface area (Å²) in [5.41, 5.74) is -0.548. The summed E-state index contributed by atoms with van der Waals surface area (Å²) < 4.78 is 36.3. The van der Waals surface area contributed by atoms with Gasteiger partial charge in [-0.15, -0.1) is 0 Å². The predicted molar refractivity (Wildman–Crippen MR) is 52.9 cm³/mol. The molecule has 0 aromatic heterocycles. The number of hydrogen-bond acceptors (Lipinski definition) is 4. The molecule has 0 radical (unpaired) electrons. The zero-order valence-electron chi connectivity index (χ0n) is 8.69. The van der Waals surface area contributed by atoms with Crippen molar-refractivity contribution in [2.45, 2.75) is 12.5 Å². The fraction of sp³-hybridized carbons (Fsp3) is 0.400. The molecular weight excluding hydrogens is 236 g/mol. The van der Waals surface area contributed by atoms with Gasteiger partial charge in [0.2, 0.25) is 5.82 Å². The first-order valence-electron chi connectivity index (χ1n) is 4.96. The highest BCUT2D eigenvalue weighted by atomic mass is 19.2. The van der Waals surface area contributed by atoms with E-state index in [1.165, 1.54) is 0 Å². The smallest absolute Gasteiger partial charge is 0.276 e. The molecule has 7 heteroatoms. The van der Waals surface area contributed by atoms with Crippen LogP contribution in [0.1, 0.15) is 6.42 Å². The summed E-state index contributed by atoms with van der Waals surface area (Å²) in [7, 11) is 0. The molecule has 5 nitrogen and oxygen atoms in total. The first-order valence-corrected chi connectivity index (χ1v) is 4.96. The summed E-state index contributed by atoms with van der Waals surface area (Å²) in [6, 6.07) is 1.37. The van der Waals surface area contributed by atoms with E-state index >= 15 is 0 Å². The van der Waals surface area contributed by atoms with Gasteiger partial charge in [0.1, 0.15) is 6.61 Å². The van der Waals surface area contributed by atoms with Crippen molar-refractivity contribution in [3.05, 3.63) is 33.9 Å². The van der Waals surface area contributed by atoms with E-state index in [0.717, 1.165) is 12.5 Å². The maximum absolute atomic E-state index is 13.3. The van der Waals surface area contributed by atoms with E-state index in [-0.39, 0.29) is 12.7 Å². The first kappa shape index (κ1) is 11.7. The van der Waals surface area contributed by atoms with Gasteiger partial charge in [-0.25, -0.2) is 4.39 Å². The van der Waals surface area contributed by atoms with Gasteiger partial charge in [-0.3, -0.25) is 10.1 Å². The van der Waals surface area contributed by atoms with E-state index in [2.05, 4.69) is 0 Å². The number of nitro groups is 1. The Morgan fingerprint density at radius 2 is 2.24 bits per heavy atom. The van der Waals surface area contributed by atoms with E-state index in [1.54, 1.807) is 0 Å². The van der Waals surface area contributed by atoms with Crippen LogP contribution in [-0.2, 0) is 4.74 Å². The van der Waals surface area contributed by atoms with Crippen LogP contribution in [0.3, 0.4) is 0 Å². The first-order chi connectivity index (χ1) is 8.08. The molecule has 1 aliphatic heterocycles. The number of benzene rings is 1. The van der Waals surface area contributed by atoms with Crippen LogP contribution in [0, 0.1) is 21.7 Å². The Morgan fingerprint density at radius 1 is 1.53 bits per heavy atom. The fourth-order valence-electron chi connectivity index (χ4n) is 1.36. The largest absolute Gasteiger partial charge is 0.487 e. The molecule has 2 rings (SSSR count). The average molecular weight is 245 g/mol. The molecule has 92 valence electrons. The summed E-state index contributed by atoms with van der Waals surface area (Å²) in [6.45, 7) is 0.664. The van der Waals surface area contributed by atoms with Gasteiger partial charge in [0.15, 0.2) is 11.6 Å². The van der Waals surface area contributed by atoms with Crippen molar-refractivity contribution in [1.29, 1.82) is 0 Å². The van der Waals surface area contributed by atoms with Gasteiger partial charge in [0.05, 0.1) is 23.2 Å². The molecule has 1 aromatic carbocycles. The summed E-state index contributed by atoms with van der Waals surface area (Å²) in [6.07, 6.45) is 0.621. The second-order valence-corrected chi connectivity index (χ2v) is 3.59. The Bertz CT molecular complexity index is 448. The Morgan fingerprint density at radius 3 is 2.76 bits per heavy atom. The van der Waals surface area contributed by atoms with Crippen LogP contribution in [0.4, 0.5) is 14.5 Å². The van der Waals surface area contributed by atoms with Crippen LogP contribution in [0.25, 0.3) is 0 Å². The molecule has 0 amide bonds. The predicted octanol–water partition coefficient (Wildman–Crippen LogP) is 2.04. The van der Waals surface area contributed by atoms with Gasteiger partial charge in [0, 0.05) is 13.0 Å². The number of nitrogens with zero attached hydrogens (tertiary/aromatic N) is 1. The minimum Gasteiger partial charge on any atom is -0.487 e. The highest BCUT2D eigenvalue weighted by Crippen LogP contribution is 2.27. The number of non-ortho nitro benzene ring substituents is 1. The van der Waals surface area contributed by atoms with Crippen LogP contribution in [0.15, 0.2) is 12.1 Å². The van der Waals surface area contributed by atoms with Crippen LogP contribution in [-0.4, -0.2) is 24.2 Å². The van der Waals surface area contributed by atoms with Gasteiger partial charge >= 0.3 is 0 Å². The topological polar surface area (TPSA) is 61.6 Å². The van der Waals surface area contributed by atoms with Crippen molar-refractivity contribution in [3.8, 4) is 5.75 Å². The Balaban J connectivity index is 2.15.